The summed E-state index contributed by atoms with van der Waals surface area (Å²) < 4.78 is 12.5. The van der Waals surface area contributed by atoms with Gasteiger partial charge in [0, 0.05) is 0 Å². The summed E-state index contributed by atoms with van der Waals surface area (Å²) >= 11 is 2.95. The number of methoxy groups -OCH3 is 1. The third kappa shape index (κ3) is 3.40. The molecular weight excluding hydrogens is 318 g/mol. The number of fused-ring (bicyclic) bond motifs is 1. The molecule has 1 aromatic heterocycles. The van der Waals surface area contributed by atoms with Crippen LogP contribution in [0.3, 0.4) is 0 Å². The van der Waals surface area contributed by atoms with Crippen LogP contribution < -0.4 is 9.47 Å². The van der Waals surface area contributed by atoms with Gasteiger partial charge >= 0.3 is 5.97 Å². The van der Waals surface area contributed by atoms with Gasteiger partial charge in [0.05, 0.1) is 23.1 Å². The van der Waals surface area contributed by atoms with Crippen molar-refractivity contribution >= 4 is 39.3 Å². The first-order valence-electron chi connectivity index (χ1n) is 6.58. The fourth-order valence-electron chi connectivity index (χ4n) is 1.89. The molecule has 3 rings (SSSR count). The number of thiazole rings is 1. The molecule has 0 aliphatic heterocycles. The number of nitrogens with zero attached hydrogens (tertiary/aromatic N) is 1. The molecule has 6 heteroatoms. The molecule has 0 N–H and O–H groups in total. The van der Waals surface area contributed by atoms with Crippen LogP contribution in [0.1, 0.15) is 0 Å². The summed E-state index contributed by atoms with van der Waals surface area (Å²) in [5.41, 5.74) is 0.952. The highest BCUT2D eigenvalue weighted by Gasteiger charge is 2.11. The molecule has 0 unspecified atom stereocenters. The van der Waals surface area contributed by atoms with E-state index in [-0.39, 0.29) is 11.7 Å². The molecule has 1 heterocycles. The number of benzene rings is 2. The Kier molecular flexibility index (Phi) is 4.60. The van der Waals surface area contributed by atoms with Crippen LogP contribution in [0.25, 0.3) is 10.2 Å². The number of rotatable bonds is 5. The largest absolute Gasteiger partial charge is 0.493 e. The minimum Gasteiger partial charge on any atom is -0.493 e. The number of carbonyl (C=O) groups is 1. The third-order valence-electron chi connectivity index (χ3n) is 2.88. The number of aromatic nitrogens is 1. The molecule has 0 saturated heterocycles. The van der Waals surface area contributed by atoms with E-state index in [2.05, 4.69) is 4.98 Å². The van der Waals surface area contributed by atoms with Crippen LogP contribution in [0.4, 0.5) is 0 Å². The van der Waals surface area contributed by atoms with E-state index in [9.17, 15) is 4.79 Å². The Bertz CT molecular complexity index is 768. The Balaban J connectivity index is 1.62. The van der Waals surface area contributed by atoms with Crippen molar-refractivity contribution in [2.75, 3.05) is 12.9 Å². The number of para-hydroxylation sites is 3. The molecule has 0 amide bonds. The normalized spacial score (nSPS) is 10.6. The zero-order valence-corrected chi connectivity index (χ0v) is 13.4. The maximum atomic E-state index is 11.9. The number of carbonyl (C=O) groups excluding carboxylic acids is 1. The van der Waals surface area contributed by atoms with Crippen LogP contribution in [0.5, 0.6) is 11.5 Å². The summed E-state index contributed by atoms with van der Waals surface area (Å²) in [6, 6.07) is 15.0. The zero-order chi connectivity index (χ0) is 15.4. The highest BCUT2D eigenvalue weighted by Crippen LogP contribution is 2.30. The standard InChI is InChI=1S/C16H13NO3S2/c1-19-12-7-3-4-8-13(12)20-15(18)10-21-16-17-11-6-2-5-9-14(11)22-16/h2-9H,10H2,1H3. The molecule has 22 heavy (non-hydrogen) atoms. The topological polar surface area (TPSA) is 48.4 Å². The second-order valence-electron chi connectivity index (χ2n) is 4.36. The van der Waals surface area contributed by atoms with Gasteiger partial charge in [0.1, 0.15) is 0 Å². The van der Waals surface area contributed by atoms with Gasteiger partial charge in [0.15, 0.2) is 15.8 Å². The fraction of sp³-hybridized carbons (Fsp3) is 0.125. The highest BCUT2D eigenvalue weighted by atomic mass is 32.2. The van der Waals surface area contributed by atoms with Crippen LogP contribution >= 0.6 is 23.1 Å². The number of thioether (sulfide) groups is 1. The van der Waals surface area contributed by atoms with Crippen molar-refractivity contribution in [2.24, 2.45) is 0 Å². The summed E-state index contributed by atoms with van der Waals surface area (Å²) in [4.78, 5) is 16.4. The lowest BCUT2D eigenvalue weighted by Gasteiger charge is -2.07. The van der Waals surface area contributed by atoms with E-state index < -0.39 is 0 Å². The number of esters is 1. The highest BCUT2D eigenvalue weighted by molar-refractivity contribution is 8.01. The third-order valence-corrected chi connectivity index (χ3v) is 5.03. The van der Waals surface area contributed by atoms with Gasteiger partial charge in [0.25, 0.3) is 0 Å². The molecule has 0 atom stereocenters. The molecule has 0 saturated carbocycles. The van der Waals surface area contributed by atoms with Crippen molar-refractivity contribution in [3.8, 4) is 11.5 Å². The van der Waals surface area contributed by atoms with Crippen molar-refractivity contribution in [3.05, 3.63) is 48.5 Å². The van der Waals surface area contributed by atoms with E-state index in [0.29, 0.717) is 11.5 Å². The Morgan fingerprint density at radius 1 is 1.14 bits per heavy atom. The molecule has 0 spiro atoms. The lowest BCUT2D eigenvalue weighted by atomic mass is 10.3. The summed E-state index contributed by atoms with van der Waals surface area (Å²) in [5.74, 6) is 0.854. The van der Waals surface area contributed by atoms with Crippen molar-refractivity contribution < 1.29 is 14.3 Å². The van der Waals surface area contributed by atoms with E-state index in [4.69, 9.17) is 9.47 Å². The van der Waals surface area contributed by atoms with Crippen LogP contribution in [0.15, 0.2) is 52.9 Å². The van der Waals surface area contributed by atoms with Gasteiger partial charge < -0.3 is 9.47 Å². The van der Waals surface area contributed by atoms with Crippen molar-refractivity contribution in [1.82, 2.24) is 4.98 Å². The molecule has 0 bridgehead atoms. The predicted molar refractivity (Wildman–Crippen MR) is 89.0 cm³/mol. The lowest BCUT2D eigenvalue weighted by Crippen LogP contribution is -2.11. The first kappa shape index (κ1) is 14.9. The van der Waals surface area contributed by atoms with Gasteiger partial charge in [-0.2, -0.15) is 0 Å². The molecule has 0 radical (unpaired) electrons. The fourth-order valence-corrected chi connectivity index (χ4v) is 3.73. The van der Waals surface area contributed by atoms with E-state index in [1.807, 2.05) is 30.3 Å². The smallest absolute Gasteiger partial charge is 0.321 e. The minimum atomic E-state index is -0.325. The summed E-state index contributed by atoms with van der Waals surface area (Å²) in [7, 11) is 1.54. The quantitative estimate of drug-likeness (QED) is 0.402. The van der Waals surface area contributed by atoms with Gasteiger partial charge in [0.2, 0.25) is 0 Å². The monoisotopic (exact) mass is 331 g/mol. The maximum Gasteiger partial charge on any atom is 0.321 e. The number of hydrogen-bond acceptors (Lipinski definition) is 6. The Morgan fingerprint density at radius 2 is 1.86 bits per heavy atom. The van der Waals surface area contributed by atoms with Gasteiger partial charge in [-0.15, -0.1) is 11.3 Å². The predicted octanol–water partition coefficient (Wildman–Crippen LogP) is 4.00. The molecule has 0 fully saturated rings. The van der Waals surface area contributed by atoms with Crippen LogP contribution in [-0.2, 0) is 4.79 Å². The second kappa shape index (κ2) is 6.81. The maximum absolute atomic E-state index is 11.9. The van der Waals surface area contributed by atoms with Crippen LogP contribution in [0, 0.1) is 0 Å². The van der Waals surface area contributed by atoms with Gasteiger partial charge in [-0.05, 0) is 24.3 Å². The van der Waals surface area contributed by atoms with Crippen molar-refractivity contribution in [3.63, 3.8) is 0 Å². The lowest BCUT2D eigenvalue weighted by molar-refractivity contribution is -0.131. The minimum absolute atomic E-state index is 0.206. The molecule has 3 aromatic rings. The number of hydrogen-bond donors (Lipinski definition) is 0. The summed E-state index contributed by atoms with van der Waals surface area (Å²) in [6.45, 7) is 0. The zero-order valence-electron chi connectivity index (χ0n) is 11.8. The summed E-state index contributed by atoms with van der Waals surface area (Å²) in [5, 5.41) is 0. The Morgan fingerprint density at radius 3 is 2.64 bits per heavy atom. The molecule has 112 valence electrons. The molecule has 4 nitrogen and oxygen atoms in total. The number of ether oxygens (including phenoxy) is 2. The van der Waals surface area contributed by atoms with E-state index >= 15 is 0 Å². The van der Waals surface area contributed by atoms with E-state index in [1.54, 1.807) is 36.6 Å². The van der Waals surface area contributed by atoms with Gasteiger partial charge in [-0.3, -0.25) is 4.79 Å². The Hall–Kier alpha value is -2.05. The first-order valence-corrected chi connectivity index (χ1v) is 8.38. The SMILES string of the molecule is COc1ccccc1OC(=O)CSc1nc2ccccc2s1. The average Bonchev–Trinajstić information content (AvgIpc) is 2.96. The van der Waals surface area contributed by atoms with Crippen molar-refractivity contribution in [1.29, 1.82) is 0 Å². The molecular formula is C16H13NO3S2. The van der Waals surface area contributed by atoms with E-state index in [1.165, 1.54) is 11.8 Å². The molecule has 2 aromatic carbocycles. The average molecular weight is 331 g/mol. The molecule has 0 aliphatic rings. The van der Waals surface area contributed by atoms with Crippen molar-refractivity contribution in [2.45, 2.75) is 4.34 Å². The summed E-state index contributed by atoms with van der Waals surface area (Å²) in [6.07, 6.45) is 0. The Labute approximate surface area is 136 Å². The first-order chi connectivity index (χ1) is 10.8. The second-order valence-corrected chi connectivity index (χ2v) is 6.61. The van der Waals surface area contributed by atoms with Crippen LogP contribution in [-0.4, -0.2) is 23.8 Å². The van der Waals surface area contributed by atoms with Crippen LogP contribution in [0.2, 0.25) is 0 Å². The van der Waals surface area contributed by atoms with E-state index in [0.717, 1.165) is 14.6 Å². The molecule has 0 aliphatic carbocycles. The van der Waals surface area contributed by atoms with Gasteiger partial charge in [-0.1, -0.05) is 36.0 Å². The van der Waals surface area contributed by atoms with Gasteiger partial charge in [-0.25, -0.2) is 4.98 Å².